The molecule has 0 saturated carbocycles. The minimum Gasteiger partial charge on any atom is -0.311 e. The van der Waals surface area contributed by atoms with Crippen LogP contribution in [0.3, 0.4) is 0 Å². The van der Waals surface area contributed by atoms with Crippen molar-refractivity contribution in [2.24, 2.45) is 0 Å². The predicted molar refractivity (Wildman–Crippen MR) is 71.1 cm³/mol. The second kappa shape index (κ2) is 4.86. The fraction of sp³-hybridized carbons (Fsp3) is 0.692. The number of thiophene rings is 1. The van der Waals surface area contributed by atoms with Gasteiger partial charge in [0, 0.05) is 41.5 Å². The maximum Gasteiger partial charge on any atom is 0.0332 e. The quantitative estimate of drug-likeness (QED) is 0.852. The Morgan fingerprint density at radius 2 is 2.19 bits per heavy atom. The molecule has 2 atom stereocenters. The number of piperazine rings is 1. The summed E-state index contributed by atoms with van der Waals surface area (Å²) in [7, 11) is 0. The molecule has 1 fully saturated rings. The van der Waals surface area contributed by atoms with Gasteiger partial charge in [-0.15, -0.1) is 11.3 Å². The molecule has 2 nitrogen and oxygen atoms in total. The van der Waals surface area contributed by atoms with Gasteiger partial charge in [-0.25, -0.2) is 0 Å². The van der Waals surface area contributed by atoms with Gasteiger partial charge < -0.3 is 5.32 Å². The van der Waals surface area contributed by atoms with E-state index in [4.69, 9.17) is 0 Å². The highest BCUT2D eigenvalue weighted by atomic mass is 32.1. The topological polar surface area (TPSA) is 15.3 Å². The van der Waals surface area contributed by atoms with Gasteiger partial charge in [-0.2, -0.15) is 0 Å². The van der Waals surface area contributed by atoms with Crippen LogP contribution in [0, 0.1) is 13.8 Å². The van der Waals surface area contributed by atoms with Gasteiger partial charge >= 0.3 is 0 Å². The van der Waals surface area contributed by atoms with Crippen molar-refractivity contribution in [3.8, 4) is 0 Å². The van der Waals surface area contributed by atoms with Crippen molar-refractivity contribution in [1.29, 1.82) is 0 Å². The van der Waals surface area contributed by atoms with Gasteiger partial charge in [-0.3, -0.25) is 4.90 Å². The third kappa shape index (κ3) is 2.65. The van der Waals surface area contributed by atoms with Gasteiger partial charge in [0.2, 0.25) is 0 Å². The summed E-state index contributed by atoms with van der Waals surface area (Å²) in [5.74, 6) is 0. The molecule has 2 unspecified atom stereocenters. The zero-order valence-electron chi connectivity index (χ0n) is 10.7. The highest BCUT2D eigenvalue weighted by molar-refractivity contribution is 7.12. The van der Waals surface area contributed by atoms with E-state index in [-0.39, 0.29) is 0 Å². The van der Waals surface area contributed by atoms with Crippen LogP contribution in [0.1, 0.15) is 29.2 Å². The number of rotatable bonds is 2. The molecule has 1 aromatic heterocycles. The Kier molecular flexibility index (Phi) is 3.67. The van der Waals surface area contributed by atoms with Gasteiger partial charge in [0.1, 0.15) is 0 Å². The molecule has 1 aliphatic heterocycles. The van der Waals surface area contributed by atoms with Crippen molar-refractivity contribution in [2.75, 3.05) is 13.1 Å². The minimum atomic E-state index is 0.623. The highest BCUT2D eigenvalue weighted by Gasteiger charge is 2.22. The van der Waals surface area contributed by atoms with E-state index in [9.17, 15) is 0 Å². The Morgan fingerprint density at radius 1 is 1.44 bits per heavy atom. The fourth-order valence-electron chi connectivity index (χ4n) is 2.25. The van der Waals surface area contributed by atoms with Crippen molar-refractivity contribution in [2.45, 2.75) is 46.3 Å². The average Bonchev–Trinajstić information content (AvgIpc) is 2.52. The summed E-state index contributed by atoms with van der Waals surface area (Å²) in [5, 5.41) is 3.53. The zero-order chi connectivity index (χ0) is 11.7. The van der Waals surface area contributed by atoms with Crippen molar-refractivity contribution in [1.82, 2.24) is 10.2 Å². The molecule has 0 spiro atoms. The second-order valence-electron chi connectivity index (χ2n) is 5.04. The third-order valence-electron chi connectivity index (χ3n) is 3.47. The van der Waals surface area contributed by atoms with Crippen LogP contribution >= 0.6 is 11.3 Å². The molecule has 16 heavy (non-hydrogen) atoms. The summed E-state index contributed by atoms with van der Waals surface area (Å²) in [6.45, 7) is 12.4. The number of nitrogens with one attached hydrogen (secondary N) is 1. The van der Waals surface area contributed by atoms with Gasteiger partial charge in [-0.05, 0) is 39.3 Å². The Balaban J connectivity index is 2.02. The van der Waals surface area contributed by atoms with Crippen molar-refractivity contribution >= 4 is 11.3 Å². The van der Waals surface area contributed by atoms with E-state index in [1.54, 1.807) is 0 Å². The molecule has 1 aromatic rings. The minimum absolute atomic E-state index is 0.623. The van der Waals surface area contributed by atoms with E-state index < -0.39 is 0 Å². The van der Waals surface area contributed by atoms with Crippen molar-refractivity contribution in [3.63, 3.8) is 0 Å². The maximum absolute atomic E-state index is 3.53. The van der Waals surface area contributed by atoms with Crippen LogP contribution in [0.25, 0.3) is 0 Å². The lowest BCUT2D eigenvalue weighted by atomic mass is 10.1. The van der Waals surface area contributed by atoms with Crippen LogP contribution in [-0.2, 0) is 6.54 Å². The first-order valence-corrected chi connectivity index (χ1v) is 6.91. The molecule has 2 rings (SSSR count). The molecule has 0 radical (unpaired) electrons. The van der Waals surface area contributed by atoms with Gasteiger partial charge in [0.15, 0.2) is 0 Å². The molecule has 0 aliphatic carbocycles. The monoisotopic (exact) mass is 238 g/mol. The lowest BCUT2D eigenvalue weighted by Crippen LogP contribution is -2.53. The third-order valence-corrected chi connectivity index (χ3v) is 4.61. The molecule has 1 N–H and O–H groups in total. The summed E-state index contributed by atoms with van der Waals surface area (Å²) in [6.07, 6.45) is 0. The van der Waals surface area contributed by atoms with E-state index in [2.05, 4.69) is 44.0 Å². The van der Waals surface area contributed by atoms with Crippen LogP contribution in [0.5, 0.6) is 0 Å². The first kappa shape index (κ1) is 12.1. The lowest BCUT2D eigenvalue weighted by molar-refractivity contribution is 0.140. The summed E-state index contributed by atoms with van der Waals surface area (Å²) in [6, 6.07) is 3.62. The number of hydrogen-bond donors (Lipinski definition) is 1. The van der Waals surface area contributed by atoms with Gasteiger partial charge in [-0.1, -0.05) is 0 Å². The van der Waals surface area contributed by atoms with E-state index in [1.807, 2.05) is 11.3 Å². The maximum atomic E-state index is 3.53. The molecule has 2 heterocycles. The second-order valence-corrected chi connectivity index (χ2v) is 6.38. The van der Waals surface area contributed by atoms with E-state index in [0.717, 1.165) is 19.6 Å². The summed E-state index contributed by atoms with van der Waals surface area (Å²) in [4.78, 5) is 5.56. The smallest absolute Gasteiger partial charge is 0.0332 e. The normalized spacial score (nSPS) is 27.2. The summed E-state index contributed by atoms with van der Waals surface area (Å²) in [5.41, 5.74) is 1.44. The molecule has 3 heteroatoms. The molecule has 1 aliphatic rings. The Morgan fingerprint density at radius 3 is 2.81 bits per heavy atom. The van der Waals surface area contributed by atoms with Crippen molar-refractivity contribution in [3.05, 3.63) is 21.4 Å². The zero-order valence-corrected chi connectivity index (χ0v) is 11.5. The average molecular weight is 238 g/mol. The Labute approximate surface area is 103 Å². The Bertz CT molecular complexity index is 339. The fourth-order valence-corrected chi connectivity index (χ4v) is 3.32. The number of hydrogen-bond acceptors (Lipinski definition) is 3. The lowest BCUT2D eigenvalue weighted by Gasteiger charge is -2.37. The first-order valence-electron chi connectivity index (χ1n) is 6.09. The van der Waals surface area contributed by atoms with E-state index >= 15 is 0 Å². The van der Waals surface area contributed by atoms with Crippen molar-refractivity contribution < 1.29 is 0 Å². The Hall–Kier alpha value is -0.380. The van der Waals surface area contributed by atoms with Gasteiger partial charge in [0.05, 0.1) is 0 Å². The van der Waals surface area contributed by atoms with Crippen LogP contribution in [0.4, 0.5) is 0 Å². The van der Waals surface area contributed by atoms with Crippen LogP contribution in [0.15, 0.2) is 6.07 Å². The first-order chi connectivity index (χ1) is 7.56. The number of aryl methyl sites for hydroxylation is 2. The standard InChI is InChI=1S/C13H22N2S/c1-9-5-13(16-12(9)4)8-15-7-10(2)14-6-11(15)3/h5,10-11,14H,6-8H2,1-4H3. The molecule has 1 saturated heterocycles. The molecule has 0 bridgehead atoms. The molecule has 0 amide bonds. The summed E-state index contributed by atoms with van der Waals surface area (Å²) < 4.78 is 0. The largest absolute Gasteiger partial charge is 0.311 e. The molecule has 0 aromatic carbocycles. The molecule has 90 valence electrons. The van der Waals surface area contributed by atoms with Crippen LogP contribution < -0.4 is 5.32 Å². The van der Waals surface area contributed by atoms with Crippen LogP contribution in [0.2, 0.25) is 0 Å². The summed E-state index contributed by atoms with van der Waals surface area (Å²) >= 11 is 1.95. The van der Waals surface area contributed by atoms with Crippen LogP contribution in [-0.4, -0.2) is 30.1 Å². The molecular weight excluding hydrogens is 216 g/mol. The van der Waals surface area contributed by atoms with E-state index in [0.29, 0.717) is 12.1 Å². The van der Waals surface area contributed by atoms with E-state index in [1.165, 1.54) is 15.3 Å². The number of nitrogens with zero attached hydrogens (tertiary/aromatic N) is 1. The SMILES string of the molecule is Cc1cc(CN2CC(C)NCC2C)sc1C. The highest BCUT2D eigenvalue weighted by Crippen LogP contribution is 2.23. The molecular formula is C13H22N2S. The van der Waals surface area contributed by atoms with Gasteiger partial charge in [0.25, 0.3) is 0 Å². The predicted octanol–water partition coefficient (Wildman–Crippen LogP) is 2.55.